The lowest BCUT2D eigenvalue weighted by atomic mass is 10.1. The lowest BCUT2D eigenvalue weighted by Gasteiger charge is -2.14. The Balaban J connectivity index is 2.84. The zero-order chi connectivity index (χ0) is 14.4. The molecule has 19 heavy (non-hydrogen) atoms. The van der Waals surface area contributed by atoms with Gasteiger partial charge in [-0.1, -0.05) is 20.3 Å². The molecule has 0 saturated carbocycles. The highest BCUT2D eigenvalue weighted by molar-refractivity contribution is 9.10. The molecule has 0 radical (unpaired) electrons. The molecule has 6 heteroatoms. The van der Waals surface area contributed by atoms with Gasteiger partial charge in [0.2, 0.25) is 0 Å². The Morgan fingerprint density at radius 3 is 2.63 bits per heavy atom. The van der Waals surface area contributed by atoms with Crippen LogP contribution in [0.5, 0.6) is 0 Å². The number of halogens is 1. The number of aromatic nitrogens is 1. The maximum Gasteiger partial charge on any atom is 0.326 e. The molecule has 0 fully saturated rings. The van der Waals surface area contributed by atoms with Crippen molar-refractivity contribution in [3.8, 4) is 0 Å². The van der Waals surface area contributed by atoms with Gasteiger partial charge < -0.3 is 15.0 Å². The summed E-state index contributed by atoms with van der Waals surface area (Å²) in [6.45, 7) is 4.63. The number of hydrogen-bond acceptors (Lipinski definition) is 2. The number of rotatable bonds is 7. The number of carbonyl (C=O) groups excluding carboxylic acids is 1. The van der Waals surface area contributed by atoms with E-state index in [0.717, 1.165) is 17.4 Å². The number of amides is 1. The highest BCUT2D eigenvalue weighted by Gasteiger charge is 2.21. The van der Waals surface area contributed by atoms with E-state index >= 15 is 0 Å². The van der Waals surface area contributed by atoms with E-state index in [1.165, 1.54) is 0 Å². The predicted molar refractivity (Wildman–Crippen MR) is 76.2 cm³/mol. The van der Waals surface area contributed by atoms with Gasteiger partial charge in [-0.3, -0.25) is 4.79 Å². The third kappa shape index (κ3) is 4.38. The highest BCUT2D eigenvalue weighted by atomic mass is 79.9. The van der Waals surface area contributed by atoms with Crippen molar-refractivity contribution in [1.82, 2.24) is 9.88 Å². The Labute approximate surface area is 121 Å². The summed E-state index contributed by atoms with van der Waals surface area (Å²) in [5.41, 5.74) is 0.482. The third-order valence-corrected chi connectivity index (χ3v) is 3.17. The molecule has 5 nitrogen and oxygen atoms in total. The SMILES string of the molecule is CCCC(NC(=O)c1cc(Br)cn1CCC)C(=O)O. The summed E-state index contributed by atoms with van der Waals surface area (Å²) in [5, 5.41) is 11.6. The summed E-state index contributed by atoms with van der Waals surface area (Å²) in [6.07, 6.45) is 3.86. The Kier molecular flexibility index (Phi) is 6.08. The fourth-order valence-electron chi connectivity index (χ4n) is 1.87. The maximum atomic E-state index is 12.1. The summed E-state index contributed by atoms with van der Waals surface area (Å²) < 4.78 is 2.64. The standard InChI is InChI=1S/C13H19BrN2O3/c1-3-5-10(13(18)19)15-12(17)11-7-9(14)8-16(11)6-4-2/h7-8,10H,3-6H2,1-2H3,(H,15,17)(H,18,19). The van der Waals surface area contributed by atoms with Crippen molar-refractivity contribution in [1.29, 1.82) is 0 Å². The number of aryl methyl sites for hydroxylation is 1. The van der Waals surface area contributed by atoms with Crippen LogP contribution in [0, 0.1) is 0 Å². The largest absolute Gasteiger partial charge is 0.480 e. The first-order valence-electron chi connectivity index (χ1n) is 6.38. The number of carbonyl (C=O) groups is 2. The molecule has 0 aliphatic rings. The second kappa shape index (κ2) is 7.33. The lowest BCUT2D eigenvalue weighted by Crippen LogP contribution is -2.41. The molecule has 0 aliphatic carbocycles. The molecule has 1 aromatic rings. The van der Waals surface area contributed by atoms with E-state index in [-0.39, 0.29) is 5.91 Å². The van der Waals surface area contributed by atoms with Crippen LogP contribution in [0.1, 0.15) is 43.6 Å². The zero-order valence-corrected chi connectivity index (χ0v) is 12.7. The topological polar surface area (TPSA) is 71.3 Å². The zero-order valence-electron chi connectivity index (χ0n) is 11.1. The van der Waals surface area contributed by atoms with Gasteiger partial charge in [-0.25, -0.2) is 4.79 Å². The predicted octanol–water partition coefficient (Wildman–Crippen LogP) is 2.64. The molecule has 1 amide bonds. The van der Waals surface area contributed by atoms with Crippen LogP contribution < -0.4 is 5.32 Å². The third-order valence-electron chi connectivity index (χ3n) is 2.74. The molecule has 1 unspecified atom stereocenters. The number of nitrogens with zero attached hydrogens (tertiary/aromatic N) is 1. The van der Waals surface area contributed by atoms with Crippen molar-refractivity contribution < 1.29 is 14.7 Å². The molecule has 1 atom stereocenters. The fourth-order valence-corrected chi connectivity index (χ4v) is 2.33. The molecule has 0 aromatic carbocycles. The smallest absolute Gasteiger partial charge is 0.326 e. The molecular formula is C13H19BrN2O3. The molecule has 106 valence electrons. The van der Waals surface area contributed by atoms with Gasteiger partial charge in [0.05, 0.1) is 0 Å². The second-order valence-corrected chi connectivity index (χ2v) is 5.31. The van der Waals surface area contributed by atoms with E-state index in [2.05, 4.69) is 21.2 Å². The molecule has 1 rings (SSSR count). The highest BCUT2D eigenvalue weighted by Crippen LogP contribution is 2.16. The number of carboxylic acid groups (broad SMARTS) is 1. The summed E-state index contributed by atoms with van der Waals surface area (Å²) in [7, 11) is 0. The van der Waals surface area contributed by atoms with E-state index < -0.39 is 12.0 Å². The van der Waals surface area contributed by atoms with Crippen LogP contribution in [-0.2, 0) is 11.3 Å². The number of aliphatic carboxylic acids is 1. The average Bonchev–Trinajstić information content (AvgIpc) is 2.70. The molecule has 0 spiro atoms. The Hall–Kier alpha value is -1.30. The van der Waals surface area contributed by atoms with Gasteiger partial charge in [-0.05, 0) is 34.8 Å². The minimum absolute atomic E-state index is 0.347. The van der Waals surface area contributed by atoms with Gasteiger partial charge in [-0.15, -0.1) is 0 Å². The minimum Gasteiger partial charge on any atom is -0.480 e. The van der Waals surface area contributed by atoms with E-state index in [4.69, 9.17) is 5.11 Å². The summed E-state index contributed by atoms with van der Waals surface area (Å²) in [5.74, 6) is -1.34. The molecule has 1 heterocycles. The van der Waals surface area contributed by atoms with Crippen LogP contribution in [0.2, 0.25) is 0 Å². The number of nitrogens with one attached hydrogen (secondary N) is 1. The Morgan fingerprint density at radius 1 is 1.42 bits per heavy atom. The molecular weight excluding hydrogens is 312 g/mol. The van der Waals surface area contributed by atoms with Crippen molar-refractivity contribution in [3.05, 3.63) is 22.4 Å². The monoisotopic (exact) mass is 330 g/mol. The van der Waals surface area contributed by atoms with E-state index in [1.54, 1.807) is 6.07 Å². The van der Waals surface area contributed by atoms with Crippen LogP contribution in [-0.4, -0.2) is 27.6 Å². The van der Waals surface area contributed by atoms with Gasteiger partial charge >= 0.3 is 5.97 Å². The molecule has 0 bridgehead atoms. The Morgan fingerprint density at radius 2 is 2.11 bits per heavy atom. The van der Waals surface area contributed by atoms with Gasteiger partial charge in [0.25, 0.3) is 5.91 Å². The molecule has 2 N–H and O–H groups in total. The average molecular weight is 331 g/mol. The van der Waals surface area contributed by atoms with Gasteiger partial charge in [0.1, 0.15) is 11.7 Å². The first kappa shape index (κ1) is 15.8. The molecule has 0 saturated heterocycles. The Bertz CT molecular complexity index is 457. The maximum absolute atomic E-state index is 12.1. The van der Waals surface area contributed by atoms with Gasteiger partial charge in [0, 0.05) is 17.2 Å². The summed E-state index contributed by atoms with van der Waals surface area (Å²) >= 11 is 3.33. The van der Waals surface area contributed by atoms with Crippen LogP contribution in [0.15, 0.2) is 16.7 Å². The number of hydrogen-bond donors (Lipinski definition) is 2. The number of carboxylic acids is 1. The van der Waals surface area contributed by atoms with Crippen LogP contribution in [0.3, 0.4) is 0 Å². The van der Waals surface area contributed by atoms with Crippen molar-refractivity contribution in [2.75, 3.05) is 0 Å². The normalized spacial score (nSPS) is 12.2. The van der Waals surface area contributed by atoms with E-state index in [9.17, 15) is 9.59 Å². The van der Waals surface area contributed by atoms with Crippen molar-refractivity contribution >= 4 is 27.8 Å². The van der Waals surface area contributed by atoms with Crippen molar-refractivity contribution in [3.63, 3.8) is 0 Å². The van der Waals surface area contributed by atoms with Crippen LogP contribution >= 0.6 is 15.9 Å². The van der Waals surface area contributed by atoms with Gasteiger partial charge in [-0.2, -0.15) is 0 Å². The molecule has 0 aliphatic heterocycles. The lowest BCUT2D eigenvalue weighted by molar-refractivity contribution is -0.139. The second-order valence-electron chi connectivity index (χ2n) is 4.39. The van der Waals surface area contributed by atoms with Crippen LogP contribution in [0.25, 0.3) is 0 Å². The summed E-state index contributed by atoms with van der Waals surface area (Å²) in [4.78, 5) is 23.2. The summed E-state index contributed by atoms with van der Waals surface area (Å²) in [6, 6.07) is 0.872. The quantitative estimate of drug-likeness (QED) is 0.807. The van der Waals surface area contributed by atoms with E-state index in [0.29, 0.717) is 18.5 Å². The molecule has 1 aromatic heterocycles. The van der Waals surface area contributed by atoms with Crippen molar-refractivity contribution in [2.24, 2.45) is 0 Å². The van der Waals surface area contributed by atoms with Crippen molar-refractivity contribution in [2.45, 2.75) is 45.7 Å². The van der Waals surface area contributed by atoms with E-state index in [1.807, 2.05) is 24.6 Å². The van der Waals surface area contributed by atoms with Crippen LogP contribution in [0.4, 0.5) is 0 Å². The first-order valence-corrected chi connectivity index (χ1v) is 7.18. The first-order chi connectivity index (χ1) is 8.99. The van der Waals surface area contributed by atoms with Gasteiger partial charge in [0.15, 0.2) is 0 Å². The fraction of sp³-hybridized carbons (Fsp3) is 0.538. The minimum atomic E-state index is -0.997.